The summed E-state index contributed by atoms with van der Waals surface area (Å²) in [6.07, 6.45) is 2.26. The molecule has 0 unspecified atom stereocenters. The van der Waals surface area contributed by atoms with Crippen LogP contribution in [0, 0.1) is 0 Å². The van der Waals surface area contributed by atoms with Crippen LogP contribution in [-0.4, -0.2) is 35.3 Å². The van der Waals surface area contributed by atoms with Crippen LogP contribution in [0.3, 0.4) is 0 Å². The summed E-state index contributed by atoms with van der Waals surface area (Å²) < 4.78 is 26.5. The molecule has 0 saturated carbocycles. The number of thiophene rings is 1. The number of aromatic carboxylic acids is 1. The number of fused-ring (bicyclic) bond motifs is 1. The van der Waals surface area contributed by atoms with E-state index in [4.69, 9.17) is 5.11 Å². The maximum absolute atomic E-state index is 12.6. The van der Waals surface area contributed by atoms with E-state index < -0.39 is 16.0 Å². The Balaban J connectivity index is 1.91. The molecule has 6 nitrogen and oxygen atoms in total. The molecular formula is C13H12N2O4S2. The zero-order valence-electron chi connectivity index (χ0n) is 10.9. The summed E-state index contributed by atoms with van der Waals surface area (Å²) in [5.74, 6) is -1.12. The van der Waals surface area contributed by atoms with Crippen LogP contribution in [0.25, 0.3) is 0 Å². The summed E-state index contributed by atoms with van der Waals surface area (Å²) >= 11 is 0.778. The number of hydrogen-bond acceptors (Lipinski definition) is 5. The molecule has 3 rings (SSSR count). The summed E-state index contributed by atoms with van der Waals surface area (Å²) in [6.45, 7) is 0.623. The van der Waals surface area contributed by atoms with Crippen LogP contribution in [-0.2, 0) is 23.0 Å². The first-order valence-corrected chi connectivity index (χ1v) is 8.50. The fourth-order valence-electron chi connectivity index (χ4n) is 2.25. The second-order valence-corrected chi connectivity index (χ2v) is 7.87. The minimum absolute atomic E-state index is 0.0210. The number of aromatic nitrogens is 1. The molecule has 3 heterocycles. The molecule has 0 atom stereocenters. The van der Waals surface area contributed by atoms with Crippen molar-refractivity contribution in [3.8, 4) is 0 Å². The zero-order valence-corrected chi connectivity index (χ0v) is 12.5. The van der Waals surface area contributed by atoms with E-state index in [2.05, 4.69) is 4.98 Å². The summed E-state index contributed by atoms with van der Waals surface area (Å²) in [7, 11) is -3.66. The maximum atomic E-state index is 12.6. The van der Waals surface area contributed by atoms with E-state index in [1.54, 1.807) is 12.3 Å². The quantitative estimate of drug-likeness (QED) is 0.926. The van der Waals surface area contributed by atoms with Crippen molar-refractivity contribution < 1.29 is 18.3 Å². The third-order valence-corrected chi connectivity index (χ3v) is 6.70. The van der Waals surface area contributed by atoms with Crippen molar-refractivity contribution in [2.24, 2.45) is 0 Å². The first-order chi connectivity index (χ1) is 9.98. The van der Waals surface area contributed by atoms with Gasteiger partial charge in [-0.3, -0.25) is 4.98 Å². The molecule has 110 valence electrons. The van der Waals surface area contributed by atoms with Gasteiger partial charge in [-0.25, -0.2) is 13.2 Å². The van der Waals surface area contributed by atoms with Crippen LogP contribution in [0.4, 0.5) is 0 Å². The number of nitrogens with zero attached hydrogens (tertiary/aromatic N) is 2. The second kappa shape index (κ2) is 5.21. The number of rotatable bonds is 3. The molecule has 0 radical (unpaired) electrons. The molecule has 1 N–H and O–H groups in total. The molecule has 0 aliphatic carbocycles. The standard InChI is InChI=1S/C13H12N2O4S2/c16-13(17)11-3-4-12(20-11)21(18,19)15-7-5-10-9(8-15)2-1-6-14-10/h1-4,6H,5,7-8H2,(H,16,17). The van der Waals surface area contributed by atoms with E-state index in [-0.39, 0.29) is 15.6 Å². The van der Waals surface area contributed by atoms with Gasteiger partial charge in [0.25, 0.3) is 10.0 Å². The Kier molecular flexibility index (Phi) is 3.52. The molecule has 1 aliphatic heterocycles. The minimum Gasteiger partial charge on any atom is -0.477 e. The van der Waals surface area contributed by atoms with Crippen LogP contribution in [0.2, 0.25) is 0 Å². The average Bonchev–Trinajstić information content (AvgIpc) is 2.97. The number of carboxylic acids is 1. The fraction of sp³-hybridized carbons (Fsp3) is 0.231. The lowest BCUT2D eigenvalue weighted by molar-refractivity contribution is 0.0702. The smallest absolute Gasteiger partial charge is 0.345 e. The zero-order chi connectivity index (χ0) is 15.0. The van der Waals surface area contributed by atoms with Crippen LogP contribution < -0.4 is 0 Å². The highest BCUT2D eigenvalue weighted by Crippen LogP contribution is 2.28. The number of carbonyl (C=O) groups is 1. The van der Waals surface area contributed by atoms with Crippen LogP contribution in [0.15, 0.2) is 34.7 Å². The summed E-state index contributed by atoms with van der Waals surface area (Å²) in [6, 6.07) is 6.31. The molecule has 0 fully saturated rings. The molecule has 2 aromatic heterocycles. The van der Waals surface area contributed by atoms with E-state index in [1.807, 2.05) is 6.07 Å². The molecule has 0 spiro atoms. The fourth-order valence-corrected chi connectivity index (χ4v) is 4.96. The lowest BCUT2D eigenvalue weighted by Gasteiger charge is -2.26. The average molecular weight is 324 g/mol. The monoisotopic (exact) mass is 324 g/mol. The Bertz CT molecular complexity index is 798. The topological polar surface area (TPSA) is 87.6 Å². The highest BCUT2D eigenvalue weighted by Gasteiger charge is 2.30. The predicted octanol–water partition coefficient (Wildman–Crippen LogP) is 1.59. The van der Waals surface area contributed by atoms with Gasteiger partial charge in [0.1, 0.15) is 9.09 Å². The number of sulfonamides is 1. The van der Waals surface area contributed by atoms with Gasteiger partial charge in [0.05, 0.1) is 0 Å². The summed E-state index contributed by atoms with van der Waals surface area (Å²) in [5.41, 5.74) is 1.81. The first kappa shape index (κ1) is 14.2. The van der Waals surface area contributed by atoms with Crippen LogP contribution in [0.1, 0.15) is 20.9 Å². The lowest BCUT2D eigenvalue weighted by Crippen LogP contribution is -2.35. The van der Waals surface area contributed by atoms with Crippen molar-refractivity contribution >= 4 is 27.3 Å². The Morgan fingerprint density at radius 2 is 2.14 bits per heavy atom. The van der Waals surface area contributed by atoms with Gasteiger partial charge in [-0.2, -0.15) is 4.31 Å². The van der Waals surface area contributed by atoms with E-state index >= 15 is 0 Å². The van der Waals surface area contributed by atoms with Gasteiger partial charge >= 0.3 is 5.97 Å². The van der Waals surface area contributed by atoms with Crippen LogP contribution >= 0.6 is 11.3 Å². The molecule has 21 heavy (non-hydrogen) atoms. The molecule has 0 aromatic carbocycles. The lowest BCUT2D eigenvalue weighted by atomic mass is 10.1. The van der Waals surface area contributed by atoms with Crippen molar-refractivity contribution in [2.75, 3.05) is 6.54 Å². The number of pyridine rings is 1. The van der Waals surface area contributed by atoms with E-state index in [0.29, 0.717) is 13.0 Å². The molecule has 0 saturated heterocycles. The molecule has 8 heteroatoms. The van der Waals surface area contributed by atoms with Gasteiger partial charge in [0.15, 0.2) is 0 Å². The first-order valence-electron chi connectivity index (χ1n) is 6.24. The predicted molar refractivity (Wildman–Crippen MR) is 76.8 cm³/mol. The Morgan fingerprint density at radius 1 is 1.33 bits per heavy atom. The van der Waals surface area contributed by atoms with E-state index in [1.165, 1.54) is 16.4 Å². The van der Waals surface area contributed by atoms with E-state index in [0.717, 1.165) is 22.6 Å². The number of carboxylic acid groups (broad SMARTS) is 1. The SMILES string of the molecule is O=C(O)c1ccc(S(=O)(=O)N2CCc3ncccc3C2)s1. The number of hydrogen-bond donors (Lipinski definition) is 1. The van der Waals surface area contributed by atoms with Gasteiger partial charge in [-0.05, 0) is 23.8 Å². The van der Waals surface area contributed by atoms with Crippen molar-refractivity contribution in [1.29, 1.82) is 0 Å². The maximum Gasteiger partial charge on any atom is 0.345 e. The highest BCUT2D eigenvalue weighted by molar-refractivity contribution is 7.91. The normalized spacial score (nSPS) is 15.6. The minimum atomic E-state index is -3.66. The summed E-state index contributed by atoms with van der Waals surface area (Å²) in [4.78, 5) is 15.1. The Hall–Kier alpha value is -1.77. The van der Waals surface area contributed by atoms with Gasteiger partial charge < -0.3 is 5.11 Å². The molecule has 2 aromatic rings. The largest absolute Gasteiger partial charge is 0.477 e. The van der Waals surface area contributed by atoms with Gasteiger partial charge in [0, 0.05) is 31.4 Å². The third kappa shape index (κ3) is 2.57. The molecular weight excluding hydrogens is 312 g/mol. The van der Waals surface area contributed by atoms with Gasteiger partial charge in [-0.15, -0.1) is 11.3 Å². The van der Waals surface area contributed by atoms with E-state index in [9.17, 15) is 13.2 Å². The highest BCUT2D eigenvalue weighted by atomic mass is 32.2. The Morgan fingerprint density at radius 3 is 2.86 bits per heavy atom. The Labute approximate surface area is 125 Å². The second-order valence-electron chi connectivity index (χ2n) is 4.62. The van der Waals surface area contributed by atoms with Gasteiger partial charge in [0.2, 0.25) is 0 Å². The van der Waals surface area contributed by atoms with Crippen LogP contribution in [0.5, 0.6) is 0 Å². The third-order valence-electron chi connectivity index (χ3n) is 3.32. The molecule has 0 amide bonds. The van der Waals surface area contributed by atoms with Gasteiger partial charge in [-0.1, -0.05) is 6.07 Å². The summed E-state index contributed by atoms with van der Waals surface area (Å²) in [5, 5.41) is 8.90. The van der Waals surface area contributed by atoms with Crippen molar-refractivity contribution in [1.82, 2.24) is 9.29 Å². The van der Waals surface area contributed by atoms with Crippen molar-refractivity contribution in [3.05, 3.63) is 46.6 Å². The molecule has 0 bridgehead atoms. The molecule has 1 aliphatic rings. The van der Waals surface area contributed by atoms with Crippen molar-refractivity contribution in [3.63, 3.8) is 0 Å². The van der Waals surface area contributed by atoms with Crippen molar-refractivity contribution in [2.45, 2.75) is 17.2 Å².